The van der Waals surface area contributed by atoms with Gasteiger partial charge in [0, 0.05) is 19.1 Å². The SMILES string of the molecule is CCCN(CC(=O)O)C(=O)NC1CCCN(CC)C1. The van der Waals surface area contributed by atoms with Crippen molar-refractivity contribution in [2.45, 2.75) is 39.2 Å². The predicted molar refractivity (Wildman–Crippen MR) is 73.2 cm³/mol. The zero-order chi connectivity index (χ0) is 14.3. The summed E-state index contributed by atoms with van der Waals surface area (Å²) in [6, 6.07) is -0.124. The Kier molecular flexibility index (Phi) is 6.62. The highest BCUT2D eigenvalue weighted by atomic mass is 16.4. The molecule has 2 amide bonds. The predicted octanol–water partition coefficient (Wildman–Crippen LogP) is 0.977. The van der Waals surface area contributed by atoms with Gasteiger partial charge in [0.2, 0.25) is 0 Å². The lowest BCUT2D eigenvalue weighted by atomic mass is 10.1. The third kappa shape index (κ3) is 5.46. The van der Waals surface area contributed by atoms with Crippen LogP contribution in [-0.4, -0.2) is 65.7 Å². The highest BCUT2D eigenvalue weighted by Crippen LogP contribution is 2.10. The molecule has 6 heteroatoms. The zero-order valence-electron chi connectivity index (χ0n) is 11.9. The largest absolute Gasteiger partial charge is 0.480 e. The van der Waals surface area contributed by atoms with Crippen molar-refractivity contribution in [1.29, 1.82) is 0 Å². The standard InChI is InChI=1S/C13H25N3O3/c1-3-7-16(10-12(17)18)13(19)14-11-6-5-8-15(4-2)9-11/h11H,3-10H2,1-2H3,(H,14,19)(H,17,18). The maximum Gasteiger partial charge on any atom is 0.323 e. The van der Waals surface area contributed by atoms with Gasteiger partial charge in [0.1, 0.15) is 6.54 Å². The smallest absolute Gasteiger partial charge is 0.323 e. The molecule has 0 aliphatic carbocycles. The number of carbonyl (C=O) groups excluding carboxylic acids is 1. The Morgan fingerprint density at radius 2 is 2.16 bits per heavy atom. The van der Waals surface area contributed by atoms with E-state index in [-0.39, 0.29) is 18.6 Å². The maximum absolute atomic E-state index is 12.1. The van der Waals surface area contributed by atoms with Gasteiger partial charge in [-0.25, -0.2) is 4.79 Å². The van der Waals surface area contributed by atoms with Crippen LogP contribution in [0.3, 0.4) is 0 Å². The molecule has 2 N–H and O–H groups in total. The van der Waals surface area contributed by atoms with Crippen LogP contribution in [0, 0.1) is 0 Å². The van der Waals surface area contributed by atoms with Gasteiger partial charge < -0.3 is 20.2 Å². The summed E-state index contributed by atoms with van der Waals surface area (Å²) in [5.74, 6) is -0.970. The van der Waals surface area contributed by atoms with Gasteiger partial charge in [0.15, 0.2) is 0 Å². The number of hydrogen-bond donors (Lipinski definition) is 2. The molecule has 0 bridgehead atoms. The van der Waals surface area contributed by atoms with Crippen LogP contribution in [0.25, 0.3) is 0 Å². The minimum atomic E-state index is -0.970. The average Bonchev–Trinajstić information content (AvgIpc) is 2.38. The molecule has 0 radical (unpaired) electrons. The normalized spacial score (nSPS) is 20.0. The Balaban J connectivity index is 2.48. The van der Waals surface area contributed by atoms with E-state index < -0.39 is 5.97 Å². The molecule has 1 saturated heterocycles. The van der Waals surface area contributed by atoms with Gasteiger partial charge in [-0.05, 0) is 32.4 Å². The average molecular weight is 271 g/mol. The Morgan fingerprint density at radius 3 is 2.74 bits per heavy atom. The van der Waals surface area contributed by atoms with E-state index in [1.54, 1.807) is 0 Å². The molecule has 6 nitrogen and oxygen atoms in total. The molecule has 1 unspecified atom stereocenters. The van der Waals surface area contributed by atoms with Crippen LogP contribution >= 0.6 is 0 Å². The van der Waals surface area contributed by atoms with Gasteiger partial charge in [-0.2, -0.15) is 0 Å². The second-order valence-corrected chi connectivity index (χ2v) is 5.00. The van der Waals surface area contributed by atoms with Gasteiger partial charge in [-0.3, -0.25) is 4.79 Å². The lowest BCUT2D eigenvalue weighted by molar-refractivity contribution is -0.137. The number of nitrogens with one attached hydrogen (secondary N) is 1. The van der Waals surface area contributed by atoms with Crippen molar-refractivity contribution in [3.63, 3.8) is 0 Å². The third-order valence-electron chi connectivity index (χ3n) is 3.39. The minimum Gasteiger partial charge on any atom is -0.480 e. The van der Waals surface area contributed by atoms with Gasteiger partial charge in [0.25, 0.3) is 0 Å². The van der Waals surface area contributed by atoms with E-state index >= 15 is 0 Å². The van der Waals surface area contributed by atoms with E-state index in [0.29, 0.717) is 6.54 Å². The van der Waals surface area contributed by atoms with Crippen LogP contribution in [0.5, 0.6) is 0 Å². The Bertz CT molecular complexity index is 310. The van der Waals surface area contributed by atoms with Gasteiger partial charge in [0.05, 0.1) is 0 Å². The lowest BCUT2D eigenvalue weighted by Gasteiger charge is -2.33. The molecule has 0 aromatic carbocycles. The zero-order valence-corrected chi connectivity index (χ0v) is 11.9. The number of carboxylic acid groups (broad SMARTS) is 1. The van der Waals surface area contributed by atoms with Crippen molar-refractivity contribution in [3.05, 3.63) is 0 Å². The first-order chi connectivity index (χ1) is 9.06. The molecule has 1 aliphatic heterocycles. The van der Waals surface area contributed by atoms with Crippen LogP contribution in [0.1, 0.15) is 33.1 Å². The topological polar surface area (TPSA) is 72.9 Å². The molecule has 0 saturated carbocycles. The monoisotopic (exact) mass is 271 g/mol. The fourth-order valence-corrected chi connectivity index (χ4v) is 2.41. The number of aliphatic carboxylic acids is 1. The van der Waals surface area contributed by atoms with Crippen molar-refractivity contribution in [3.8, 4) is 0 Å². The number of carboxylic acids is 1. The number of amides is 2. The molecule has 0 aromatic rings. The summed E-state index contributed by atoms with van der Waals surface area (Å²) >= 11 is 0. The highest BCUT2D eigenvalue weighted by molar-refractivity contribution is 5.80. The molecule has 0 spiro atoms. The molecule has 0 aromatic heterocycles. The van der Waals surface area contributed by atoms with Gasteiger partial charge in [-0.1, -0.05) is 13.8 Å². The number of nitrogens with zero attached hydrogens (tertiary/aromatic N) is 2. The van der Waals surface area contributed by atoms with Crippen molar-refractivity contribution in [2.75, 3.05) is 32.7 Å². The fraction of sp³-hybridized carbons (Fsp3) is 0.846. The van der Waals surface area contributed by atoms with Crippen LogP contribution < -0.4 is 5.32 Å². The molecule has 1 atom stereocenters. The summed E-state index contributed by atoms with van der Waals surface area (Å²) in [5.41, 5.74) is 0. The number of piperidine rings is 1. The molecule has 1 heterocycles. The second kappa shape index (κ2) is 7.99. The van der Waals surface area contributed by atoms with E-state index in [9.17, 15) is 9.59 Å². The van der Waals surface area contributed by atoms with Crippen molar-refractivity contribution in [1.82, 2.24) is 15.1 Å². The Morgan fingerprint density at radius 1 is 1.42 bits per heavy atom. The van der Waals surface area contributed by atoms with Gasteiger partial charge >= 0.3 is 12.0 Å². The summed E-state index contributed by atoms with van der Waals surface area (Å²) in [6.45, 7) is 7.21. The van der Waals surface area contributed by atoms with Gasteiger partial charge in [-0.15, -0.1) is 0 Å². The summed E-state index contributed by atoms with van der Waals surface area (Å²) in [7, 11) is 0. The number of likely N-dealkylation sites (tertiary alicyclic amines) is 1. The van der Waals surface area contributed by atoms with Crippen LogP contribution in [0.2, 0.25) is 0 Å². The summed E-state index contributed by atoms with van der Waals surface area (Å²) < 4.78 is 0. The summed E-state index contributed by atoms with van der Waals surface area (Å²) in [4.78, 5) is 26.5. The second-order valence-electron chi connectivity index (χ2n) is 5.00. The van der Waals surface area contributed by atoms with Crippen LogP contribution in [0.4, 0.5) is 4.79 Å². The quantitative estimate of drug-likeness (QED) is 0.755. The number of likely N-dealkylation sites (N-methyl/N-ethyl adjacent to an activating group) is 1. The van der Waals surface area contributed by atoms with E-state index in [1.165, 1.54) is 4.90 Å². The highest BCUT2D eigenvalue weighted by Gasteiger charge is 2.23. The molecule has 1 fully saturated rings. The van der Waals surface area contributed by atoms with Crippen molar-refractivity contribution >= 4 is 12.0 Å². The minimum absolute atomic E-state index is 0.134. The third-order valence-corrected chi connectivity index (χ3v) is 3.39. The summed E-state index contributed by atoms with van der Waals surface area (Å²) in [5, 5.41) is 11.8. The first kappa shape index (κ1) is 15.8. The lowest BCUT2D eigenvalue weighted by Crippen LogP contribution is -2.52. The van der Waals surface area contributed by atoms with E-state index in [2.05, 4.69) is 17.1 Å². The number of carbonyl (C=O) groups is 2. The number of urea groups is 1. The molecule has 19 heavy (non-hydrogen) atoms. The summed E-state index contributed by atoms with van der Waals surface area (Å²) in [6.07, 6.45) is 2.80. The van der Waals surface area contributed by atoms with Crippen LogP contribution in [-0.2, 0) is 4.79 Å². The fourth-order valence-electron chi connectivity index (χ4n) is 2.41. The molecule has 1 aliphatic rings. The van der Waals surface area contributed by atoms with Crippen molar-refractivity contribution < 1.29 is 14.7 Å². The first-order valence-corrected chi connectivity index (χ1v) is 7.06. The Hall–Kier alpha value is -1.30. The molecular weight excluding hydrogens is 246 g/mol. The maximum atomic E-state index is 12.1. The molecular formula is C13H25N3O3. The Labute approximate surface area is 114 Å². The number of hydrogen-bond acceptors (Lipinski definition) is 3. The van der Waals surface area contributed by atoms with Crippen molar-refractivity contribution in [2.24, 2.45) is 0 Å². The number of rotatable bonds is 6. The molecule has 1 rings (SSSR count). The van der Waals surface area contributed by atoms with Crippen LogP contribution in [0.15, 0.2) is 0 Å². The first-order valence-electron chi connectivity index (χ1n) is 7.06. The van der Waals surface area contributed by atoms with E-state index in [1.807, 2.05) is 6.92 Å². The van der Waals surface area contributed by atoms with E-state index in [4.69, 9.17) is 5.11 Å². The van der Waals surface area contributed by atoms with E-state index in [0.717, 1.165) is 38.9 Å². The molecule has 110 valence electrons.